The van der Waals surface area contributed by atoms with Crippen LogP contribution in [-0.4, -0.2) is 18.1 Å². The van der Waals surface area contributed by atoms with Crippen molar-refractivity contribution in [1.82, 2.24) is 4.98 Å². The fourth-order valence-electron chi connectivity index (χ4n) is 2.01. The number of halogens is 5. The van der Waals surface area contributed by atoms with Gasteiger partial charge >= 0.3 is 12.8 Å². The first kappa shape index (κ1) is 18.0. The Labute approximate surface area is 135 Å². The summed E-state index contributed by atoms with van der Waals surface area (Å²) in [6.07, 6.45) is -3.24. The second kappa shape index (κ2) is 7.46. The van der Waals surface area contributed by atoms with Crippen molar-refractivity contribution in [2.24, 2.45) is 0 Å². The average molecular weight is 346 g/mol. The minimum absolute atomic E-state index is 0.0719. The number of pyridine rings is 1. The number of aryl methyl sites for hydroxylation is 1. The topological polar surface area (TPSA) is 34.2 Å². The van der Waals surface area contributed by atoms with E-state index in [2.05, 4.69) is 15.0 Å². The molecule has 0 spiro atoms. The van der Waals surface area contributed by atoms with Gasteiger partial charge in [0.2, 0.25) is 0 Å². The zero-order valence-corrected chi connectivity index (χ0v) is 12.7. The smallest absolute Gasteiger partial charge is 0.417 e. The minimum Gasteiger partial charge on any atom is -0.434 e. The third kappa shape index (κ3) is 5.07. The maximum atomic E-state index is 12.4. The molecule has 0 amide bonds. The molecule has 1 aromatic carbocycles. The SMILES string of the molecule is Cc1ccc(NCCc2ccc(C(F)(F)F)cn2)cc1OC(F)F. The molecule has 0 unspecified atom stereocenters. The number of anilines is 1. The Bertz CT molecular complexity index is 671. The highest BCUT2D eigenvalue weighted by Gasteiger charge is 2.30. The van der Waals surface area contributed by atoms with Crippen LogP contribution in [0.4, 0.5) is 27.6 Å². The molecule has 130 valence electrons. The van der Waals surface area contributed by atoms with Crippen molar-refractivity contribution in [1.29, 1.82) is 0 Å². The van der Waals surface area contributed by atoms with Crippen molar-refractivity contribution in [2.45, 2.75) is 26.1 Å². The van der Waals surface area contributed by atoms with Crippen LogP contribution in [0.5, 0.6) is 5.75 Å². The number of nitrogens with zero attached hydrogens (tertiary/aromatic N) is 1. The van der Waals surface area contributed by atoms with Gasteiger partial charge in [-0.2, -0.15) is 22.0 Å². The predicted octanol–water partition coefficient (Wildman–Crippen LogP) is 4.66. The molecule has 0 saturated heterocycles. The van der Waals surface area contributed by atoms with Gasteiger partial charge in [0.25, 0.3) is 0 Å². The van der Waals surface area contributed by atoms with E-state index in [1.165, 1.54) is 12.1 Å². The monoisotopic (exact) mass is 346 g/mol. The molecule has 2 aromatic rings. The van der Waals surface area contributed by atoms with Gasteiger partial charge in [0, 0.05) is 36.6 Å². The van der Waals surface area contributed by atoms with Crippen molar-refractivity contribution in [2.75, 3.05) is 11.9 Å². The minimum atomic E-state index is -4.41. The molecule has 1 aromatic heterocycles. The highest BCUT2D eigenvalue weighted by molar-refractivity contribution is 5.51. The third-order valence-electron chi connectivity index (χ3n) is 3.27. The number of hydrogen-bond donors (Lipinski definition) is 1. The molecule has 0 aliphatic carbocycles. The summed E-state index contributed by atoms with van der Waals surface area (Å²) in [6, 6.07) is 7.07. The fraction of sp³-hybridized carbons (Fsp3) is 0.312. The lowest BCUT2D eigenvalue weighted by molar-refractivity contribution is -0.137. The highest BCUT2D eigenvalue weighted by Crippen LogP contribution is 2.28. The maximum absolute atomic E-state index is 12.4. The van der Waals surface area contributed by atoms with Crippen LogP contribution >= 0.6 is 0 Å². The molecular formula is C16H15F5N2O. The molecule has 0 aliphatic heterocycles. The highest BCUT2D eigenvalue weighted by atomic mass is 19.4. The van der Waals surface area contributed by atoms with Crippen LogP contribution in [0.25, 0.3) is 0 Å². The Morgan fingerprint density at radius 2 is 1.92 bits per heavy atom. The van der Waals surface area contributed by atoms with E-state index in [1.54, 1.807) is 19.1 Å². The van der Waals surface area contributed by atoms with Crippen LogP contribution in [0, 0.1) is 6.92 Å². The summed E-state index contributed by atoms with van der Waals surface area (Å²) >= 11 is 0. The summed E-state index contributed by atoms with van der Waals surface area (Å²) in [7, 11) is 0. The number of rotatable bonds is 6. The van der Waals surface area contributed by atoms with Gasteiger partial charge in [-0.25, -0.2) is 0 Å². The lowest BCUT2D eigenvalue weighted by atomic mass is 10.2. The zero-order valence-electron chi connectivity index (χ0n) is 12.7. The Hall–Kier alpha value is -2.38. The quantitative estimate of drug-likeness (QED) is 0.772. The van der Waals surface area contributed by atoms with E-state index in [4.69, 9.17) is 0 Å². The van der Waals surface area contributed by atoms with Gasteiger partial charge in [-0.15, -0.1) is 0 Å². The van der Waals surface area contributed by atoms with E-state index >= 15 is 0 Å². The number of benzene rings is 1. The first-order valence-corrected chi connectivity index (χ1v) is 7.07. The number of ether oxygens (including phenoxy) is 1. The van der Waals surface area contributed by atoms with Crippen LogP contribution in [0.2, 0.25) is 0 Å². The molecule has 0 radical (unpaired) electrons. The molecule has 0 bridgehead atoms. The van der Waals surface area contributed by atoms with Gasteiger partial charge in [0.1, 0.15) is 5.75 Å². The van der Waals surface area contributed by atoms with Gasteiger partial charge < -0.3 is 10.1 Å². The van der Waals surface area contributed by atoms with Gasteiger partial charge in [0.15, 0.2) is 0 Å². The zero-order chi connectivity index (χ0) is 17.7. The standard InChI is InChI=1S/C16H15F5N2O/c1-10-2-4-13(8-14(10)24-15(17)18)22-7-6-12-5-3-11(9-23-12)16(19,20)21/h2-5,8-9,15,22H,6-7H2,1H3. The van der Waals surface area contributed by atoms with Gasteiger partial charge in [0.05, 0.1) is 5.56 Å². The number of nitrogens with one attached hydrogen (secondary N) is 1. The fourth-order valence-corrected chi connectivity index (χ4v) is 2.01. The molecular weight excluding hydrogens is 331 g/mol. The molecule has 0 atom stereocenters. The first-order valence-electron chi connectivity index (χ1n) is 7.07. The van der Waals surface area contributed by atoms with Crippen LogP contribution in [0.3, 0.4) is 0 Å². The molecule has 0 aliphatic rings. The van der Waals surface area contributed by atoms with E-state index in [1.807, 2.05) is 0 Å². The lowest BCUT2D eigenvalue weighted by Gasteiger charge is -2.12. The molecule has 1 heterocycles. The average Bonchev–Trinajstić information content (AvgIpc) is 2.49. The second-order valence-electron chi connectivity index (χ2n) is 5.07. The number of alkyl halides is 5. The lowest BCUT2D eigenvalue weighted by Crippen LogP contribution is -2.09. The van der Waals surface area contributed by atoms with Crippen LogP contribution < -0.4 is 10.1 Å². The second-order valence-corrected chi connectivity index (χ2v) is 5.07. The van der Waals surface area contributed by atoms with E-state index < -0.39 is 18.4 Å². The van der Waals surface area contributed by atoms with E-state index in [0.717, 1.165) is 12.3 Å². The summed E-state index contributed by atoms with van der Waals surface area (Å²) in [6.45, 7) is -0.876. The Morgan fingerprint density at radius 3 is 2.50 bits per heavy atom. The van der Waals surface area contributed by atoms with E-state index in [0.29, 0.717) is 29.9 Å². The van der Waals surface area contributed by atoms with Crippen molar-refractivity contribution >= 4 is 5.69 Å². The van der Waals surface area contributed by atoms with E-state index in [9.17, 15) is 22.0 Å². The van der Waals surface area contributed by atoms with Crippen molar-refractivity contribution in [3.8, 4) is 5.75 Å². The molecule has 1 N–H and O–H groups in total. The summed E-state index contributed by atoms with van der Waals surface area (Å²) < 4.78 is 66.3. The van der Waals surface area contributed by atoms with E-state index in [-0.39, 0.29) is 5.75 Å². The summed E-state index contributed by atoms with van der Waals surface area (Å²) in [5, 5.41) is 2.99. The van der Waals surface area contributed by atoms with Gasteiger partial charge in [-0.05, 0) is 30.7 Å². The van der Waals surface area contributed by atoms with Gasteiger partial charge in [-0.3, -0.25) is 4.98 Å². The largest absolute Gasteiger partial charge is 0.434 e. The maximum Gasteiger partial charge on any atom is 0.417 e. The third-order valence-corrected chi connectivity index (χ3v) is 3.27. The molecule has 0 saturated carbocycles. The molecule has 24 heavy (non-hydrogen) atoms. The molecule has 3 nitrogen and oxygen atoms in total. The molecule has 2 rings (SSSR count). The van der Waals surface area contributed by atoms with Crippen LogP contribution in [-0.2, 0) is 12.6 Å². The van der Waals surface area contributed by atoms with Crippen molar-refractivity contribution < 1.29 is 26.7 Å². The van der Waals surface area contributed by atoms with Crippen LogP contribution in [0.1, 0.15) is 16.8 Å². The van der Waals surface area contributed by atoms with Crippen molar-refractivity contribution in [3.63, 3.8) is 0 Å². The number of hydrogen-bond acceptors (Lipinski definition) is 3. The summed E-state index contributed by atoms with van der Waals surface area (Å²) in [5.74, 6) is 0.0719. The Balaban J connectivity index is 1.92. The molecule has 0 fully saturated rings. The summed E-state index contributed by atoms with van der Waals surface area (Å²) in [4.78, 5) is 3.76. The van der Waals surface area contributed by atoms with Crippen LogP contribution in [0.15, 0.2) is 36.5 Å². The normalized spacial score (nSPS) is 11.6. The first-order chi connectivity index (χ1) is 11.3. The molecule has 8 heteroatoms. The Kier molecular flexibility index (Phi) is 5.58. The van der Waals surface area contributed by atoms with Crippen molar-refractivity contribution in [3.05, 3.63) is 53.3 Å². The predicted molar refractivity (Wildman–Crippen MR) is 79.2 cm³/mol. The summed E-state index contributed by atoms with van der Waals surface area (Å²) in [5.41, 5.74) is 0.839. The van der Waals surface area contributed by atoms with Gasteiger partial charge in [-0.1, -0.05) is 6.07 Å². The Morgan fingerprint density at radius 1 is 1.17 bits per heavy atom. The number of aromatic nitrogens is 1.